The van der Waals surface area contributed by atoms with Crippen LogP contribution >= 0.6 is 0 Å². The monoisotopic (exact) mass is 287 g/mol. The summed E-state index contributed by atoms with van der Waals surface area (Å²) in [5.74, 6) is 1.68. The number of benzene rings is 1. The average molecular weight is 287 g/mol. The van der Waals surface area contributed by atoms with Gasteiger partial charge < -0.3 is 14.6 Å². The van der Waals surface area contributed by atoms with Crippen molar-refractivity contribution in [1.29, 1.82) is 0 Å². The van der Waals surface area contributed by atoms with Gasteiger partial charge >= 0.3 is 0 Å². The second kappa shape index (κ2) is 5.48. The number of rotatable bonds is 5. The number of fused-ring (bicyclic) bond motifs is 1. The van der Waals surface area contributed by atoms with Crippen molar-refractivity contribution in [2.45, 2.75) is 38.2 Å². The summed E-state index contributed by atoms with van der Waals surface area (Å²) in [4.78, 5) is 4.53. The Kier molecular flexibility index (Phi) is 3.68. The van der Waals surface area contributed by atoms with E-state index in [0.29, 0.717) is 17.6 Å². The maximum Gasteiger partial charge on any atom is 0.227 e. The second-order valence-corrected chi connectivity index (χ2v) is 5.67. The molecule has 2 atom stereocenters. The predicted octanol–water partition coefficient (Wildman–Crippen LogP) is 3.09. The number of anilines is 1. The second-order valence-electron chi connectivity index (χ2n) is 5.67. The third kappa shape index (κ3) is 2.53. The number of methoxy groups -OCH3 is 1. The first-order valence-corrected chi connectivity index (χ1v) is 7.37. The van der Waals surface area contributed by atoms with Crippen molar-refractivity contribution in [3.05, 3.63) is 41.5 Å². The molecule has 0 spiro atoms. The van der Waals surface area contributed by atoms with Crippen LogP contribution in [0.3, 0.4) is 0 Å². The Morgan fingerprint density at radius 2 is 2.24 bits per heavy atom. The molecule has 112 valence electrons. The van der Waals surface area contributed by atoms with E-state index in [4.69, 9.17) is 9.26 Å². The van der Waals surface area contributed by atoms with Crippen LogP contribution in [0, 0.1) is 0 Å². The van der Waals surface area contributed by atoms with Gasteiger partial charge in [0.1, 0.15) is 5.60 Å². The normalized spacial score (nSPS) is 19.9. The lowest BCUT2D eigenvalue weighted by atomic mass is 9.98. The number of aromatic nitrogens is 2. The minimum atomic E-state index is -0.479. The van der Waals surface area contributed by atoms with Crippen LogP contribution in [0.5, 0.6) is 0 Å². The number of para-hydroxylation sites is 1. The van der Waals surface area contributed by atoms with Crippen molar-refractivity contribution in [3.63, 3.8) is 0 Å². The minimum absolute atomic E-state index is 0.380. The molecule has 1 aromatic heterocycles. The smallest absolute Gasteiger partial charge is 0.227 e. The quantitative estimate of drug-likeness (QED) is 0.915. The molecule has 3 rings (SSSR count). The summed E-state index contributed by atoms with van der Waals surface area (Å²) < 4.78 is 10.9. The Hall–Kier alpha value is -1.88. The molecule has 0 bridgehead atoms. The van der Waals surface area contributed by atoms with Crippen LogP contribution in [0.4, 0.5) is 5.69 Å². The highest BCUT2D eigenvalue weighted by molar-refractivity contribution is 5.57. The maximum absolute atomic E-state index is 5.52. The van der Waals surface area contributed by atoms with E-state index < -0.39 is 5.60 Å². The van der Waals surface area contributed by atoms with Gasteiger partial charge in [0.25, 0.3) is 0 Å². The number of hydrogen-bond acceptors (Lipinski definition) is 5. The van der Waals surface area contributed by atoms with E-state index in [9.17, 15) is 0 Å². The van der Waals surface area contributed by atoms with Crippen molar-refractivity contribution in [2.75, 3.05) is 19.0 Å². The first-order valence-electron chi connectivity index (χ1n) is 7.37. The number of nitrogens with one attached hydrogen (secondary N) is 1. The molecule has 0 saturated carbocycles. The molecule has 2 aromatic rings. The van der Waals surface area contributed by atoms with Gasteiger partial charge in [0.05, 0.1) is 0 Å². The van der Waals surface area contributed by atoms with Gasteiger partial charge in [-0.05, 0) is 25.0 Å². The highest BCUT2D eigenvalue weighted by Crippen LogP contribution is 2.33. The molecular weight excluding hydrogens is 266 g/mol. The molecule has 1 aromatic carbocycles. The van der Waals surface area contributed by atoms with Gasteiger partial charge in [-0.2, -0.15) is 4.98 Å². The molecular formula is C16H21N3O2. The lowest BCUT2D eigenvalue weighted by Crippen LogP contribution is -2.24. The molecule has 1 N–H and O–H groups in total. The first kappa shape index (κ1) is 14.1. The first-order chi connectivity index (χ1) is 10.2. The summed E-state index contributed by atoms with van der Waals surface area (Å²) >= 11 is 0. The van der Waals surface area contributed by atoms with Crippen LogP contribution < -0.4 is 5.32 Å². The Morgan fingerprint density at radius 1 is 1.43 bits per heavy atom. The van der Waals surface area contributed by atoms with Gasteiger partial charge in [-0.25, -0.2) is 0 Å². The van der Waals surface area contributed by atoms with Crippen molar-refractivity contribution in [3.8, 4) is 0 Å². The maximum atomic E-state index is 5.52. The van der Waals surface area contributed by atoms with Gasteiger partial charge in [-0.3, -0.25) is 0 Å². The molecule has 0 aliphatic carbocycles. The average Bonchev–Trinajstić information content (AvgIpc) is 3.15. The standard InChI is InChI=1S/C16H21N3O2/c1-4-16(2,20-3)15-18-14(21-19-15)9-11-10-17-13-8-6-5-7-12(11)13/h5-8,11,17H,4,9-10H2,1-3H3. The zero-order chi connectivity index (χ0) is 14.9. The third-order valence-electron chi connectivity index (χ3n) is 4.43. The zero-order valence-electron chi connectivity index (χ0n) is 12.7. The lowest BCUT2D eigenvalue weighted by molar-refractivity contribution is -0.0106. The highest BCUT2D eigenvalue weighted by atomic mass is 16.5. The van der Waals surface area contributed by atoms with Gasteiger partial charge in [0, 0.05) is 31.7 Å². The predicted molar refractivity (Wildman–Crippen MR) is 80.3 cm³/mol. The van der Waals surface area contributed by atoms with Crippen LogP contribution in [0.1, 0.15) is 43.5 Å². The van der Waals surface area contributed by atoms with Crippen LogP contribution in [-0.4, -0.2) is 23.8 Å². The fourth-order valence-corrected chi connectivity index (χ4v) is 2.70. The van der Waals surface area contributed by atoms with Gasteiger partial charge in [-0.15, -0.1) is 0 Å². The van der Waals surface area contributed by atoms with E-state index in [0.717, 1.165) is 19.4 Å². The Labute approximate surface area is 124 Å². The summed E-state index contributed by atoms with van der Waals surface area (Å²) in [7, 11) is 1.68. The summed E-state index contributed by atoms with van der Waals surface area (Å²) in [6.45, 7) is 4.94. The molecule has 2 unspecified atom stereocenters. The van der Waals surface area contributed by atoms with Crippen LogP contribution in [0.25, 0.3) is 0 Å². The summed E-state index contributed by atoms with van der Waals surface area (Å²) in [6.07, 6.45) is 1.55. The van der Waals surface area contributed by atoms with Crippen molar-refractivity contribution < 1.29 is 9.26 Å². The molecule has 5 heteroatoms. The summed E-state index contributed by atoms with van der Waals surface area (Å²) in [6, 6.07) is 8.37. The van der Waals surface area contributed by atoms with E-state index in [1.165, 1.54) is 11.3 Å². The number of nitrogens with zero attached hydrogens (tertiary/aromatic N) is 2. The Bertz CT molecular complexity index is 619. The van der Waals surface area contributed by atoms with E-state index in [2.05, 4.69) is 40.6 Å². The molecule has 1 aliphatic heterocycles. The molecule has 2 heterocycles. The van der Waals surface area contributed by atoms with Crippen molar-refractivity contribution in [2.24, 2.45) is 0 Å². The van der Waals surface area contributed by atoms with Gasteiger partial charge in [0.15, 0.2) is 0 Å². The van der Waals surface area contributed by atoms with E-state index in [1.807, 2.05) is 13.0 Å². The van der Waals surface area contributed by atoms with Crippen LogP contribution in [-0.2, 0) is 16.8 Å². The van der Waals surface area contributed by atoms with Gasteiger partial charge in [0.2, 0.25) is 11.7 Å². The zero-order valence-corrected chi connectivity index (χ0v) is 12.7. The highest BCUT2D eigenvalue weighted by Gasteiger charge is 2.31. The molecule has 0 fully saturated rings. The molecule has 5 nitrogen and oxygen atoms in total. The van der Waals surface area contributed by atoms with Crippen molar-refractivity contribution in [1.82, 2.24) is 10.1 Å². The number of hydrogen-bond donors (Lipinski definition) is 1. The van der Waals surface area contributed by atoms with Crippen LogP contribution in [0.2, 0.25) is 0 Å². The minimum Gasteiger partial charge on any atom is -0.384 e. The van der Waals surface area contributed by atoms with E-state index in [-0.39, 0.29) is 0 Å². The Morgan fingerprint density at radius 3 is 3.00 bits per heavy atom. The van der Waals surface area contributed by atoms with Crippen LogP contribution in [0.15, 0.2) is 28.8 Å². The lowest BCUT2D eigenvalue weighted by Gasteiger charge is -2.21. The topological polar surface area (TPSA) is 60.2 Å². The molecule has 0 saturated heterocycles. The summed E-state index contributed by atoms with van der Waals surface area (Å²) in [5.41, 5.74) is 2.05. The van der Waals surface area contributed by atoms with Gasteiger partial charge in [-0.1, -0.05) is 30.3 Å². The fraction of sp³-hybridized carbons (Fsp3) is 0.500. The molecule has 0 amide bonds. The molecule has 1 aliphatic rings. The van der Waals surface area contributed by atoms with E-state index in [1.54, 1.807) is 7.11 Å². The third-order valence-corrected chi connectivity index (χ3v) is 4.43. The Balaban J connectivity index is 1.77. The van der Waals surface area contributed by atoms with Crippen molar-refractivity contribution >= 4 is 5.69 Å². The molecule has 21 heavy (non-hydrogen) atoms. The van der Waals surface area contributed by atoms with E-state index >= 15 is 0 Å². The SMILES string of the molecule is CCC(C)(OC)c1noc(CC2CNc3ccccc32)n1. The fourth-order valence-electron chi connectivity index (χ4n) is 2.70. The number of ether oxygens (including phenoxy) is 1. The largest absolute Gasteiger partial charge is 0.384 e. The summed E-state index contributed by atoms with van der Waals surface area (Å²) in [5, 5.41) is 7.51. The molecule has 0 radical (unpaired) electrons.